The number of aromatic amines is 1. The highest BCUT2D eigenvalue weighted by Crippen LogP contribution is 2.28. The van der Waals surface area contributed by atoms with Crippen LogP contribution in [0, 0.1) is 0 Å². The first-order valence-electron chi connectivity index (χ1n) is 7.88. The van der Waals surface area contributed by atoms with Crippen molar-refractivity contribution in [3.05, 3.63) is 42.2 Å². The number of aliphatic imine (C=N–C) groups is 1. The first kappa shape index (κ1) is 15.1. The molecule has 25 heavy (non-hydrogen) atoms. The summed E-state index contributed by atoms with van der Waals surface area (Å²) < 4.78 is 6.95. The molecule has 8 nitrogen and oxygen atoms in total. The Balaban J connectivity index is 1.59. The van der Waals surface area contributed by atoms with Crippen LogP contribution in [-0.2, 0) is 7.05 Å². The van der Waals surface area contributed by atoms with Crippen molar-refractivity contribution in [1.82, 2.24) is 20.1 Å². The molecular formula is C17H19N7O. The molecule has 3 heterocycles. The van der Waals surface area contributed by atoms with Crippen LogP contribution < -0.4 is 21.1 Å². The molecule has 1 aliphatic rings. The maximum absolute atomic E-state index is 6.03. The zero-order chi connectivity index (χ0) is 17.4. The molecule has 4 rings (SSSR count). The smallest absolute Gasteiger partial charge is 0.256 e. The highest BCUT2D eigenvalue weighted by atomic mass is 16.5. The van der Waals surface area contributed by atoms with Crippen LogP contribution in [0.15, 0.2) is 41.7 Å². The van der Waals surface area contributed by atoms with Crippen molar-refractivity contribution in [3.63, 3.8) is 0 Å². The number of hydrogen-bond donors (Lipinski definition) is 4. The van der Waals surface area contributed by atoms with Gasteiger partial charge in [-0.15, -0.1) is 5.10 Å². The molecule has 8 heteroatoms. The van der Waals surface area contributed by atoms with Crippen molar-refractivity contribution in [2.24, 2.45) is 12.0 Å². The summed E-state index contributed by atoms with van der Waals surface area (Å²) in [7, 11) is 3.43. The first-order chi connectivity index (χ1) is 12.2. The van der Waals surface area contributed by atoms with Gasteiger partial charge in [-0.1, -0.05) is 12.1 Å². The fourth-order valence-corrected chi connectivity index (χ4v) is 2.93. The monoisotopic (exact) mass is 337 g/mol. The lowest BCUT2D eigenvalue weighted by Crippen LogP contribution is -2.32. The van der Waals surface area contributed by atoms with E-state index < -0.39 is 0 Å². The van der Waals surface area contributed by atoms with Gasteiger partial charge in [-0.3, -0.25) is 4.68 Å². The van der Waals surface area contributed by atoms with Crippen LogP contribution in [0.25, 0.3) is 16.6 Å². The summed E-state index contributed by atoms with van der Waals surface area (Å²) in [5, 5.41) is 11.8. The molecule has 0 amide bonds. The van der Waals surface area contributed by atoms with Gasteiger partial charge in [0.05, 0.1) is 31.1 Å². The number of fused-ring (bicyclic) bond motifs is 1. The number of aryl methyl sites for hydroxylation is 1. The number of nitrogen functional groups attached to an aromatic ring is 1. The Morgan fingerprint density at radius 2 is 2.24 bits per heavy atom. The minimum Gasteiger partial charge on any atom is -0.478 e. The number of anilines is 2. The Kier molecular flexibility index (Phi) is 3.57. The van der Waals surface area contributed by atoms with Crippen molar-refractivity contribution in [3.8, 4) is 5.88 Å². The number of para-hydroxylation sites is 1. The molecule has 5 N–H and O–H groups in total. The highest BCUT2D eigenvalue weighted by molar-refractivity contribution is 6.05. The fraction of sp³-hybridized carbons (Fsp3) is 0.176. The Morgan fingerprint density at radius 1 is 1.36 bits per heavy atom. The average molecular weight is 337 g/mol. The van der Waals surface area contributed by atoms with Crippen LogP contribution in [0.4, 0.5) is 11.4 Å². The van der Waals surface area contributed by atoms with Gasteiger partial charge in [0.25, 0.3) is 5.88 Å². The fourth-order valence-electron chi connectivity index (χ4n) is 2.93. The molecule has 0 saturated carbocycles. The molecule has 2 aromatic heterocycles. The summed E-state index contributed by atoms with van der Waals surface area (Å²) in [6.45, 7) is 0.572. The summed E-state index contributed by atoms with van der Waals surface area (Å²) in [6, 6.07) is 5.88. The number of aromatic nitrogens is 3. The molecule has 128 valence electrons. The quantitative estimate of drug-likeness (QED) is 0.546. The lowest BCUT2D eigenvalue weighted by Gasteiger charge is -2.18. The molecule has 3 aromatic rings. The Bertz CT molecular complexity index is 996. The second kappa shape index (κ2) is 5.90. The predicted octanol–water partition coefficient (Wildman–Crippen LogP) is 1.90. The van der Waals surface area contributed by atoms with Gasteiger partial charge in [-0.05, 0) is 12.1 Å². The SMILES string of the molecule is COc1nn(C)cc1NC1=NCC=C(c2c[nH]c3c(N)cccc23)N1. The summed E-state index contributed by atoms with van der Waals surface area (Å²) in [5.74, 6) is 1.16. The number of H-pyrrole nitrogens is 1. The lowest BCUT2D eigenvalue weighted by atomic mass is 10.1. The van der Waals surface area contributed by atoms with Crippen molar-refractivity contribution < 1.29 is 4.74 Å². The third-order valence-corrected chi connectivity index (χ3v) is 4.08. The number of ether oxygens (including phenoxy) is 1. The summed E-state index contributed by atoms with van der Waals surface area (Å²) in [5.41, 5.74) is 10.5. The second-order valence-electron chi connectivity index (χ2n) is 5.75. The lowest BCUT2D eigenvalue weighted by molar-refractivity contribution is 0.393. The molecule has 0 atom stereocenters. The van der Waals surface area contributed by atoms with Crippen LogP contribution >= 0.6 is 0 Å². The maximum Gasteiger partial charge on any atom is 0.256 e. The van der Waals surface area contributed by atoms with E-state index in [9.17, 15) is 0 Å². The molecule has 0 unspecified atom stereocenters. The molecule has 0 aliphatic carbocycles. The molecule has 1 aromatic carbocycles. The van der Waals surface area contributed by atoms with E-state index in [4.69, 9.17) is 10.5 Å². The first-order valence-corrected chi connectivity index (χ1v) is 7.88. The van der Waals surface area contributed by atoms with E-state index in [2.05, 4.69) is 25.7 Å². The van der Waals surface area contributed by atoms with E-state index in [1.165, 1.54) is 0 Å². The number of rotatable bonds is 3. The van der Waals surface area contributed by atoms with Crippen LogP contribution in [0.3, 0.4) is 0 Å². The molecule has 0 bridgehead atoms. The highest BCUT2D eigenvalue weighted by Gasteiger charge is 2.16. The number of hydrogen-bond acceptors (Lipinski definition) is 6. The van der Waals surface area contributed by atoms with Gasteiger partial charge in [-0.25, -0.2) is 4.99 Å². The molecular weight excluding hydrogens is 318 g/mol. The van der Waals surface area contributed by atoms with Crippen LogP contribution in [0.5, 0.6) is 5.88 Å². The molecule has 0 spiro atoms. The van der Waals surface area contributed by atoms with Crippen molar-refractivity contribution in [1.29, 1.82) is 0 Å². The zero-order valence-electron chi connectivity index (χ0n) is 14.0. The standard InChI is InChI=1S/C17H19N7O/c1-24-9-14(16(23-24)25-2)22-17-19-7-6-13(21-17)11-8-20-15-10(11)4-3-5-12(15)18/h3-6,8-9,20H,7,18H2,1-2H3,(H2,19,21,22). The van der Waals surface area contributed by atoms with Gasteiger partial charge >= 0.3 is 0 Å². The van der Waals surface area contributed by atoms with Gasteiger partial charge in [0, 0.05) is 29.9 Å². The van der Waals surface area contributed by atoms with Crippen molar-refractivity contribution in [2.75, 3.05) is 24.7 Å². The summed E-state index contributed by atoms with van der Waals surface area (Å²) in [6.07, 6.45) is 5.83. The molecule has 1 aliphatic heterocycles. The van der Waals surface area contributed by atoms with Gasteiger partial charge in [0.15, 0.2) is 0 Å². The van der Waals surface area contributed by atoms with Gasteiger partial charge in [0.1, 0.15) is 5.69 Å². The molecule has 0 fully saturated rings. The van der Waals surface area contributed by atoms with E-state index in [1.807, 2.05) is 43.7 Å². The molecule has 0 saturated heterocycles. The van der Waals surface area contributed by atoms with Crippen LogP contribution in [-0.4, -0.2) is 34.4 Å². The minimum absolute atomic E-state index is 0.517. The van der Waals surface area contributed by atoms with E-state index >= 15 is 0 Å². The number of guanidine groups is 1. The maximum atomic E-state index is 6.03. The van der Waals surface area contributed by atoms with Crippen LogP contribution in [0.1, 0.15) is 5.56 Å². The van der Waals surface area contributed by atoms with Gasteiger partial charge in [-0.2, -0.15) is 0 Å². The Morgan fingerprint density at radius 3 is 3.08 bits per heavy atom. The largest absolute Gasteiger partial charge is 0.478 e. The van der Waals surface area contributed by atoms with Crippen molar-refractivity contribution >= 4 is 33.9 Å². The average Bonchev–Trinajstić information content (AvgIpc) is 3.19. The topological polar surface area (TPSA) is 105 Å². The second-order valence-corrected chi connectivity index (χ2v) is 5.75. The van der Waals surface area contributed by atoms with E-state index in [1.54, 1.807) is 11.8 Å². The van der Waals surface area contributed by atoms with Gasteiger partial charge < -0.3 is 26.1 Å². The summed E-state index contributed by atoms with van der Waals surface area (Å²) in [4.78, 5) is 7.70. The Hall–Kier alpha value is -3.42. The number of methoxy groups -OCH3 is 1. The molecule has 0 radical (unpaired) electrons. The Labute approximate surface area is 144 Å². The normalized spacial score (nSPS) is 14.0. The zero-order valence-corrected chi connectivity index (χ0v) is 14.0. The van der Waals surface area contributed by atoms with E-state index in [-0.39, 0.29) is 0 Å². The van der Waals surface area contributed by atoms with Gasteiger partial charge in [0.2, 0.25) is 5.96 Å². The number of nitrogens with one attached hydrogen (secondary N) is 3. The van der Waals surface area contributed by atoms with E-state index in [0.29, 0.717) is 18.4 Å². The number of nitrogens with two attached hydrogens (primary N) is 1. The predicted molar refractivity (Wildman–Crippen MR) is 99.5 cm³/mol. The van der Waals surface area contributed by atoms with Crippen LogP contribution in [0.2, 0.25) is 0 Å². The van der Waals surface area contributed by atoms with Crippen molar-refractivity contribution in [2.45, 2.75) is 0 Å². The third kappa shape index (κ3) is 2.67. The number of benzene rings is 1. The van der Waals surface area contributed by atoms with E-state index in [0.717, 1.165) is 33.5 Å². The number of nitrogens with zero attached hydrogens (tertiary/aromatic N) is 3. The summed E-state index contributed by atoms with van der Waals surface area (Å²) >= 11 is 0. The third-order valence-electron chi connectivity index (χ3n) is 4.08. The minimum atomic E-state index is 0.517.